The molecule has 1 N–H and O–H groups in total. The summed E-state index contributed by atoms with van der Waals surface area (Å²) in [5.74, 6) is -0.924. The summed E-state index contributed by atoms with van der Waals surface area (Å²) >= 11 is 0. The van der Waals surface area contributed by atoms with Gasteiger partial charge in [0.1, 0.15) is 0 Å². The molecule has 1 aromatic heterocycles. The van der Waals surface area contributed by atoms with Crippen LogP contribution in [0.3, 0.4) is 0 Å². The van der Waals surface area contributed by atoms with Gasteiger partial charge in [-0.05, 0) is 25.5 Å². The molecule has 0 fully saturated rings. The number of hydrogen-bond acceptors (Lipinski definition) is 2. The number of aromatic nitrogens is 1. The van der Waals surface area contributed by atoms with Gasteiger partial charge in [0, 0.05) is 23.2 Å². The fourth-order valence-electron chi connectivity index (χ4n) is 2.34. The van der Waals surface area contributed by atoms with Gasteiger partial charge < -0.3 is 9.67 Å². The first-order chi connectivity index (χ1) is 9.04. The molecule has 0 aliphatic carbocycles. The largest absolute Gasteiger partial charge is 0.481 e. The molecule has 0 radical (unpaired) electrons. The zero-order valence-corrected chi connectivity index (χ0v) is 11.1. The summed E-state index contributed by atoms with van der Waals surface area (Å²) in [5.41, 5.74) is 1.25. The summed E-state index contributed by atoms with van der Waals surface area (Å²) in [5, 5.41) is 9.63. The van der Waals surface area contributed by atoms with Gasteiger partial charge in [-0.2, -0.15) is 0 Å². The molecule has 19 heavy (non-hydrogen) atoms. The molecule has 4 heteroatoms. The summed E-state index contributed by atoms with van der Waals surface area (Å²) in [6.45, 7) is 4.07. The molecule has 2 aromatic rings. The minimum atomic E-state index is -0.924. The fourth-order valence-corrected chi connectivity index (χ4v) is 2.34. The highest BCUT2D eigenvalue weighted by atomic mass is 16.4. The fraction of sp³-hybridized carbons (Fsp3) is 0.333. The van der Waals surface area contributed by atoms with Crippen molar-refractivity contribution >= 4 is 16.9 Å². The van der Waals surface area contributed by atoms with Gasteiger partial charge in [0.15, 0.2) is 5.43 Å². The van der Waals surface area contributed by atoms with E-state index in [-0.39, 0.29) is 17.9 Å². The van der Waals surface area contributed by atoms with Crippen molar-refractivity contribution in [1.82, 2.24) is 4.57 Å². The SMILES string of the molecule is CCC(C)n1c(CC(=O)O)cc(=O)c2ccccc21. The Kier molecular flexibility index (Phi) is 3.69. The van der Waals surface area contributed by atoms with Gasteiger partial charge in [0.2, 0.25) is 0 Å². The normalized spacial score (nSPS) is 12.5. The zero-order valence-electron chi connectivity index (χ0n) is 11.1. The third-order valence-electron chi connectivity index (χ3n) is 3.40. The number of fused-ring (bicyclic) bond motifs is 1. The number of carboxylic acids is 1. The molecule has 2 rings (SSSR count). The van der Waals surface area contributed by atoms with Crippen LogP contribution >= 0.6 is 0 Å². The maximum absolute atomic E-state index is 12.0. The van der Waals surface area contributed by atoms with Gasteiger partial charge in [-0.15, -0.1) is 0 Å². The lowest BCUT2D eigenvalue weighted by atomic mass is 10.1. The summed E-state index contributed by atoms with van der Waals surface area (Å²) in [6, 6.07) is 8.94. The van der Waals surface area contributed by atoms with Crippen LogP contribution < -0.4 is 5.43 Å². The number of para-hydroxylation sites is 1. The Hall–Kier alpha value is -2.10. The highest BCUT2D eigenvalue weighted by Gasteiger charge is 2.14. The monoisotopic (exact) mass is 259 g/mol. The lowest BCUT2D eigenvalue weighted by Crippen LogP contribution is -2.19. The van der Waals surface area contributed by atoms with Gasteiger partial charge >= 0.3 is 5.97 Å². The van der Waals surface area contributed by atoms with Crippen molar-refractivity contribution in [3.05, 3.63) is 46.2 Å². The van der Waals surface area contributed by atoms with Crippen molar-refractivity contribution in [2.75, 3.05) is 0 Å². The zero-order chi connectivity index (χ0) is 14.0. The van der Waals surface area contributed by atoms with E-state index in [4.69, 9.17) is 5.11 Å². The van der Waals surface area contributed by atoms with E-state index in [9.17, 15) is 9.59 Å². The van der Waals surface area contributed by atoms with Crippen molar-refractivity contribution in [2.24, 2.45) is 0 Å². The van der Waals surface area contributed by atoms with E-state index < -0.39 is 5.97 Å². The van der Waals surface area contributed by atoms with Crippen LogP contribution in [0.1, 0.15) is 32.0 Å². The third kappa shape index (κ3) is 2.52. The first-order valence-electron chi connectivity index (χ1n) is 6.39. The molecule has 0 aliphatic heterocycles. The highest BCUT2D eigenvalue weighted by molar-refractivity contribution is 5.80. The molecule has 4 nitrogen and oxygen atoms in total. The van der Waals surface area contributed by atoms with E-state index in [0.29, 0.717) is 11.1 Å². The van der Waals surface area contributed by atoms with Crippen molar-refractivity contribution in [3.8, 4) is 0 Å². The van der Waals surface area contributed by atoms with E-state index in [2.05, 4.69) is 0 Å². The van der Waals surface area contributed by atoms with Crippen molar-refractivity contribution < 1.29 is 9.90 Å². The summed E-state index contributed by atoms with van der Waals surface area (Å²) in [7, 11) is 0. The Labute approximate surface area is 111 Å². The van der Waals surface area contributed by atoms with Crippen molar-refractivity contribution in [2.45, 2.75) is 32.7 Å². The molecule has 1 unspecified atom stereocenters. The molecule has 0 amide bonds. The number of aliphatic carboxylic acids is 1. The second-order valence-electron chi connectivity index (χ2n) is 4.71. The maximum atomic E-state index is 12.0. The Balaban J connectivity index is 2.80. The number of rotatable bonds is 4. The van der Waals surface area contributed by atoms with Gasteiger partial charge in [-0.25, -0.2) is 0 Å². The van der Waals surface area contributed by atoms with Crippen LogP contribution in [-0.2, 0) is 11.2 Å². The van der Waals surface area contributed by atoms with Gasteiger partial charge in [0.25, 0.3) is 0 Å². The van der Waals surface area contributed by atoms with Gasteiger partial charge in [0.05, 0.1) is 11.9 Å². The molecule has 0 bridgehead atoms. The first-order valence-corrected chi connectivity index (χ1v) is 6.39. The molecule has 1 atom stereocenters. The van der Waals surface area contributed by atoms with E-state index in [1.54, 1.807) is 6.07 Å². The molecule has 1 aromatic carbocycles. The number of carbonyl (C=O) groups is 1. The molecule has 100 valence electrons. The Morgan fingerprint density at radius 2 is 2.05 bits per heavy atom. The lowest BCUT2D eigenvalue weighted by molar-refractivity contribution is -0.136. The Bertz CT molecular complexity index is 673. The number of carboxylic acid groups (broad SMARTS) is 1. The molecule has 0 spiro atoms. The van der Waals surface area contributed by atoms with Crippen LogP contribution in [0, 0.1) is 0 Å². The molecular formula is C15H17NO3. The number of nitrogens with zero attached hydrogens (tertiary/aromatic N) is 1. The third-order valence-corrected chi connectivity index (χ3v) is 3.40. The predicted octanol–water partition coefficient (Wildman–Crippen LogP) is 2.60. The smallest absolute Gasteiger partial charge is 0.309 e. The molecule has 0 saturated carbocycles. The minimum absolute atomic E-state index is 0.119. The lowest BCUT2D eigenvalue weighted by Gasteiger charge is -2.21. The Morgan fingerprint density at radius 1 is 1.37 bits per heavy atom. The highest BCUT2D eigenvalue weighted by Crippen LogP contribution is 2.21. The van der Waals surface area contributed by atoms with E-state index in [1.807, 2.05) is 36.6 Å². The van der Waals surface area contributed by atoms with Gasteiger partial charge in [-0.1, -0.05) is 19.1 Å². The topological polar surface area (TPSA) is 59.3 Å². The van der Waals surface area contributed by atoms with Crippen molar-refractivity contribution in [1.29, 1.82) is 0 Å². The number of benzene rings is 1. The van der Waals surface area contributed by atoms with Crippen LogP contribution in [0.15, 0.2) is 35.1 Å². The molecule has 0 aliphatic rings. The number of hydrogen-bond donors (Lipinski definition) is 1. The predicted molar refractivity (Wildman–Crippen MR) is 74.5 cm³/mol. The first kappa shape index (κ1) is 13.3. The van der Waals surface area contributed by atoms with Gasteiger partial charge in [-0.3, -0.25) is 9.59 Å². The second-order valence-corrected chi connectivity index (χ2v) is 4.71. The van der Waals surface area contributed by atoms with Crippen molar-refractivity contribution in [3.63, 3.8) is 0 Å². The molecule has 0 saturated heterocycles. The van der Waals surface area contributed by atoms with Crippen LogP contribution in [0.5, 0.6) is 0 Å². The van der Waals surface area contributed by atoms with Crippen LogP contribution in [0.25, 0.3) is 10.9 Å². The minimum Gasteiger partial charge on any atom is -0.481 e. The summed E-state index contributed by atoms with van der Waals surface area (Å²) in [4.78, 5) is 23.0. The summed E-state index contributed by atoms with van der Waals surface area (Å²) < 4.78 is 1.96. The molecular weight excluding hydrogens is 242 g/mol. The van der Waals surface area contributed by atoms with Crippen LogP contribution in [0.2, 0.25) is 0 Å². The number of pyridine rings is 1. The standard InChI is InChI=1S/C15H17NO3/c1-3-10(2)16-11(9-15(18)19)8-14(17)12-6-4-5-7-13(12)16/h4-8,10H,3,9H2,1-2H3,(H,18,19). The quantitative estimate of drug-likeness (QED) is 0.918. The molecule has 1 heterocycles. The summed E-state index contributed by atoms with van der Waals surface area (Å²) in [6.07, 6.45) is 0.740. The van der Waals surface area contributed by atoms with E-state index in [1.165, 1.54) is 6.07 Å². The van der Waals surface area contributed by atoms with Crippen LogP contribution in [0.4, 0.5) is 0 Å². The van der Waals surface area contributed by atoms with Crippen LogP contribution in [-0.4, -0.2) is 15.6 Å². The Morgan fingerprint density at radius 3 is 2.68 bits per heavy atom. The second kappa shape index (κ2) is 5.26. The average Bonchev–Trinajstić information content (AvgIpc) is 2.38. The van der Waals surface area contributed by atoms with E-state index >= 15 is 0 Å². The average molecular weight is 259 g/mol. The van der Waals surface area contributed by atoms with E-state index in [0.717, 1.165) is 11.9 Å². The maximum Gasteiger partial charge on any atom is 0.309 e.